The molecule has 3 nitrogen and oxygen atoms in total. The van der Waals surface area contributed by atoms with Crippen molar-refractivity contribution in [2.75, 3.05) is 6.61 Å². The number of carboxylic acids is 1. The lowest BCUT2D eigenvalue weighted by Crippen LogP contribution is -2.30. The fraction of sp³-hybridized carbons (Fsp3) is 0.800. The van der Waals surface area contributed by atoms with Crippen LogP contribution in [0.4, 0.5) is 0 Å². The molecule has 1 unspecified atom stereocenters. The largest absolute Gasteiger partial charge is 0.479 e. The minimum atomic E-state index is -1.06. The molecule has 0 aromatic heterocycles. The summed E-state index contributed by atoms with van der Waals surface area (Å²) in [5.74, 6) is -0.940. The Kier molecular flexibility index (Phi) is 3.42. The fourth-order valence-corrected chi connectivity index (χ4v) is 0.644. The highest BCUT2D eigenvalue weighted by Gasteiger charge is 2.29. The van der Waals surface area contributed by atoms with Crippen LogP contribution in [0, 0.1) is 0 Å². The average molecular weight is 244 g/mol. The smallest absolute Gasteiger partial charge is 0.346 e. The molecule has 0 amide bonds. The first-order chi connectivity index (χ1) is 4.00. The molecule has 0 aromatic rings. The van der Waals surface area contributed by atoms with Crippen molar-refractivity contribution in [1.29, 1.82) is 0 Å². The maximum absolute atomic E-state index is 10.3. The molecule has 0 heterocycles. The number of carbonyl (C=O) groups is 1. The van der Waals surface area contributed by atoms with Crippen molar-refractivity contribution in [3.05, 3.63) is 0 Å². The summed E-state index contributed by atoms with van der Waals surface area (Å²) in [7, 11) is 0. The number of alkyl halides is 1. The molecule has 0 fully saturated rings. The molecule has 9 heavy (non-hydrogen) atoms. The molecule has 0 aliphatic rings. The standard InChI is InChI=1S/C5H9IO3/c1-3-9-5(2,6)4(7)8/h3H2,1-2H3,(H,7,8). The van der Waals surface area contributed by atoms with E-state index in [9.17, 15) is 4.79 Å². The maximum atomic E-state index is 10.3. The van der Waals surface area contributed by atoms with E-state index in [0.717, 1.165) is 0 Å². The van der Waals surface area contributed by atoms with Crippen LogP contribution in [0.2, 0.25) is 0 Å². The predicted octanol–water partition coefficient (Wildman–Crippen LogP) is 1.26. The summed E-state index contributed by atoms with van der Waals surface area (Å²) in [6.07, 6.45) is 0. The van der Waals surface area contributed by atoms with Crippen LogP contribution in [-0.2, 0) is 9.53 Å². The van der Waals surface area contributed by atoms with Gasteiger partial charge in [0.25, 0.3) is 0 Å². The lowest BCUT2D eigenvalue weighted by Gasteiger charge is -2.15. The Bertz CT molecular complexity index is 111. The molecule has 0 aliphatic heterocycles. The first-order valence-electron chi connectivity index (χ1n) is 2.57. The number of halogens is 1. The third-order valence-electron chi connectivity index (χ3n) is 0.797. The van der Waals surface area contributed by atoms with Gasteiger partial charge in [0.05, 0.1) is 0 Å². The van der Waals surface area contributed by atoms with E-state index in [4.69, 9.17) is 9.84 Å². The highest BCUT2D eigenvalue weighted by atomic mass is 127. The molecule has 0 rings (SSSR count). The second-order valence-corrected chi connectivity index (χ2v) is 3.71. The van der Waals surface area contributed by atoms with E-state index in [0.29, 0.717) is 6.61 Å². The zero-order valence-electron chi connectivity index (χ0n) is 5.35. The Morgan fingerprint density at radius 3 is 2.44 bits per heavy atom. The monoisotopic (exact) mass is 244 g/mol. The highest BCUT2D eigenvalue weighted by Crippen LogP contribution is 2.19. The molecular weight excluding hydrogens is 235 g/mol. The third-order valence-corrected chi connectivity index (χ3v) is 1.57. The molecule has 0 saturated heterocycles. The van der Waals surface area contributed by atoms with Crippen LogP contribution in [0.1, 0.15) is 13.8 Å². The molecule has 0 aromatic carbocycles. The van der Waals surface area contributed by atoms with Crippen molar-refractivity contribution in [3.63, 3.8) is 0 Å². The van der Waals surface area contributed by atoms with Gasteiger partial charge in [-0.15, -0.1) is 0 Å². The Balaban J connectivity index is 3.85. The van der Waals surface area contributed by atoms with Gasteiger partial charge in [-0.25, -0.2) is 4.79 Å². The Hall–Kier alpha value is 0.160. The first kappa shape index (κ1) is 9.16. The van der Waals surface area contributed by atoms with E-state index in [-0.39, 0.29) is 0 Å². The van der Waals surface area contributed by atoms with Gasteiger partial charge in [0, 0.05) is 6.61 Å². The van der Waals surface area contributed by atoms with Crippen LogP contribution in [0.5, 0.6) is 0 Å². The van der Waals surface area contributed by atoms with Crippen molar-refractivity contribution in [2.45, 2.75) is 17.5 Å². The van der Waals surface area contributed by atoms with Crippen LogP contribution < -0.4 is 0 Å². The average Bonchev–Trinajstić information content (AvgIpc) is 1.65. The summed E-state index contributed by atoms with van der Waals surface area (Å²) in [6.45, 7) is 3.70. The van der Waals surface area contributed by atoms with Crippen LogP contribution >= 0.6 is 22.6 Å². The van der Waals surface area contributed by atoms with Gasteiger partial charge >= 0.3 is 5.97 Å². The molecule has 0 aliphatic carbocycles. The molecule has 1 N–H and O–H groups in total. The number of carboxylic acid groups (broad SMARTS) is 1. The number of rotatable bonds is 3. The third kappa shape index (κ3) is 3.00. The molecule has 0 bridgehead atoms. The van der Waals surface area contributed by atoms with Crippen LogP contribution in [0.15, 0.2) is 0 Å². The topological polar surface area (TPSA) is 46.5 Å². The zero-order chi connectivity index (χ0) is 7.49. The molecule has 54 valence electrons. The van der Waals surface area contributed by atoms with Crippen molar-refractivity contribution in [3.8, 4) is 0 Å². The highest BCUT2D eigenvalue weighted by molar-refractivity contribution is 14.1. The minimum Gasteiger partial charge on any atom is -0.479 e. The molecule has 0 saturated carbocycles. The lowest BCUT2D eigenvalue weighted by atomic mass is 10.4. The molecule has 0 radical (unpaired) electrons. The van der Waals surface area contributed by atoms with Crippen molar-refractivity contribution in [1.82, 2.24) is 0 Å². The van der Waals surface area contributed by atoms with E-state index in [1.54, 1.807) is 29.5 Å². The van der Waals surface area contributed by atoms with Crippen molar-refractivity contribution >= 4 is 28.6 Å². The molecule has 4 heteroatoms. The van der Waals surface area contributed by atoms with Crippen molar-refractivity contribution in [2.24, 2.45) is 0 Å². The lowest BCUT2D eigenvalue weighted by molar-refractivity contribution is -0.150. The second kappa shape index (κ2) is 3.36. The Morgan fingerprint density at radius 1 is 1.89 bits per heavy atom. The van der Waals surface area contributed by atoms with Crippen LogP contribution in [0.3, 0.4) is 0 Å². The normalized spacial score (nSPS) is 16.8. The number of ether oxygens (including phenoxy) is 1. The van der Waals surface area contributed by atoms with Gasteiger partial charge in [-0.05, 0) is 36.4 Å². The Morgan fingerprint density at radius 2 is 2.33 bits per heavy atom. The summed E-state index contributed by atoms with van der Waals surface area (Å²) < 4.78 is 3.81. The van der Waals surface area contributed by atoms with Gasteiger partial charge in [0.15, 0.2) is 0 Å². The van der Waals surface area contributed by atoms with E-state index >= 15 is 0 Å². The molecular formula is C5H9IO3. The summed E-state index contributed by atoms with van der Waals surface area (Å²) in [6, 6.07) is 0. The summed E-state index contributed by atoms with van der Waals surface area (Å²) in [4.78, 5) is 10.3. The summed E-state index contributed by atoms with van der Waals surface area (Å²) >= 11 is 1.74. The Labute approximate surface area is 67.5 Å². The van der Waals surface area contributed by atoms with E-state index in [2.05, 4.69) is 0 Å². The van der Waals surface area contributed by atoms with E-state index < -0.39 is 9.58 Å². The SMILES string of the molecule is CCOC(C)(I)C(=O)O. The van der Waals surface area contributed by atoms with Crippen LogP contribution in [0.25, 0.3) is 0 Å². The fourth-order valence-electron chi connectivity index (χ4n) is 0.333. The summed E-state index contributed by atoms with van der Waals surface area (Å²) in [5.41, 5.74) is 0. The second-order valence-electron chi connectivity index (χ2n) is 1.65. The maximum Gasteiger partial charge on any atom is 0.346 e. The number of hydrogen-bond acceptors (Lipinski definition) is 2. The van der Waals surface area contributed by atoms with Gasteiger partial charge in [-0.2, -0.15) is 0 Å². The van der Waals surface area contributed by atoms with Crippen molar-refractivity contribution < 1.29 is 14.6 Å². The minimum absolute atomic E-state index is 0.422. The van der Waals surface area contributed by atoms with Gasteiger partial charge in [0.1, 0.15) is 0 Å². The summed E-state index contributed by atoms with van der Waals surface area (Å²) in [5, 5.41) is 8.44. The molecule has 0 spiro atoms. The van der Waals surface area contributed by atoms with Gasteiger partial charge in [-0.3, -0.25) is 0 Å². The molecule has 1 atom stereocenters. The van der Waals surface area contributed by atoms with E-state index in [1.807, 2.05) is 0 Å². The first-order valence-corrected chi connectivity index (χ1v) is 3.65. The van der Waals surface area contributed by atoms with Gasteiger partial charge in [-0.1, -0.05) is 0 Å². The van der Waals surface area contributed by atoms with Crippen LogP contribution in [-0.4, -0.2) is 21.3 Å². The van der Waals surface area contributed by atoms with Gasteiger partial charge < -0.3 is 9.84 Å². The van der Waals surface area contributed by atoms with E-state index in [1.165, 1.54) is 6.92 Å². The van der Waals surface area contributed by atoms with Gasteiger partial charge in [0.2, 0.25) is 3.61 Å². The predicted molar refractivity (Wildman–Crippen MR) is 41.7 cm³/mol. The number of hydrogen-bond donors (Lipinski definition) is 1. The quantitative estimate of drug-likeness (QED) is 0.600. The zero-order valence-corrected chi connectivity index (χ0v) is 7.51. The number of aliphatic carboxylic acids is 1.